The highest BCUT2D eigenvalue weighted by Gasteiger charge is 2.27. The van der Waals surface area contributed by atoms with Crippen molar-refractivity contribution in [3.8, 4) is 11.5 Å². The van der Waals surface area contributed by atoms with Gasteiger partial charge in [0.05, 0.1) is 10.9 Å². The maximum absolute atomic E-state index is 10.8. The standard InChI is InChI=1S/C13H16BrNO4/c1-6(2)11-7(8(15)4-10(16)17)3-9-13(12(11)14)19-5-18-9/h3,6,8H,4-5,15H2,1-2H3,(H,16,17). The summed E-state index contributed by atoms with van der Waals surface area (Å²) in [5, 5.41) is 8.89. The molecule has 3 N–H and O–H groups in total. The molecule has 0 radical (unpaired) electrons. The molecule has 0 saturated heterocycles. The molecule has 0 aliphatic carbocycles. The van der Waals surface area contributed by atoms with Crippen molar-refractivity contribution >= 4 is 21.9 Å². The van der Waals surface area contributed by atoms with Crippen molar-refractivity contribution < 1.29 is 19.4 Å². The van der Waals surface area contributed by atoms with E-state index in [1.54, 1.807) is 6.07 Å². The second-order valence-electron chi connectivity index (χ2n) is 4.79. The van der Waals surface area contributed by atoms with Gasteiger partial charge in [-0.25, -0.2) is 0 Å². The van der Waals surface area contributed by atoms with Crippen molar-refractivity contribution in [1.29, 1.82) is 0 Å². The number of carbonyl (C=O) groups is 1. The Morgan fingerprint density at radius 1 is 1.53 bits per heavy atom. The van der Waals surface area contributed by atoms with Crippen molar-refractivity contribution in [3.63, 3.8) is 0 Å². The van der Waals surface area contributed by atoms with Gasteiger partial charge in [-0.2, -0.15) is 0 Å². The fraction of sp³-hybridized carbons (Fsp3) is 0.462. The van der Waals surface area contributed by atoms with Crippen LogP contribution < -0.4 is 15.2 Å². The average Bonchev–Trinajstić information content (AvgIpc) is 2.75. The zero-order valence-electron chi connectivity index (χ0n) is 10.8. The van der Waals surface area contributed by atoms with Crippen LogP contribution in [0.15, 0.2) is 10.5 Å². The first-order valence-corrected chi connectivity index (χ1v) is 6.80. The summed E-state index contributed by atoms with van der Waals surface area (Å²) in [7, 11) is 0. The van der Waals surface area contributed by atoms with Crippen molar-refractivity contribution in [2.24, 2.45) is 5.73 Å². The number of hydrogen-bond donors (Lipinski definition) is 2. The zero-order valence-corrected chi connectivity index (χ0v) is 12.4. The van der Waals surface area contributed by atoms with Gasteiger partial charge in [0.1, 0.15) is 0 Å². The third kappa shape index (κ3) is 2.69. The van der Waals surface area contributed by atoms with Crippen LogP contribution in [0.3, 0.4) is 0 Å². The SMILES string of the molecule is CC(C)c1c(C(N)CC(=O)O)cc2c(c1Br)OCO2. The predicted molar refractivity (Wildman–Crippen MR) is 73.5 cm³/mol. The summed E-state index contributed by atoms with van der Waals surface area (Å²) in [6, 6.07) is 1.22. The van der Waals surface area contributed by atoms with Gasteiger partial charge in [0, 0.05) is 6.04 Å². The van der Waals surface area contributed by atoms with Crippen LogP contribution in [-0.4, -0.2) is 17.9 Å². The van der Waals surface area contributed by atoms with Crippen LogP contribution in [0.5, 0.6) is 11.5 Å². The van der Waals surface area contributed by atoms with Crippen molar-refractivity contribution in [2.75, 3.05) is 6.79 Å². The molecule has 5 nitrogen and oxygen atoms in total. The average molecular weight is 330 g/mol. The number of ether oxygens (including phenoxy) is 2. The minimum atomic E-state index is -0.920. The fourth-order valence-electron chi connectivity index (χ4n) is 2.23. The van der Waals surface area contributed by atoms with Crippen molar-refractivity contribution in [2.45, 2.75) is 32.2 Å². The number of rotatable bonds is 4. The number of benzene rings is 1. The van der Waals surface area contributed by atoms with Crippen molar-refractivity contribution in [3.05, 3.63) is 21.7 Å². The summed E-state index contributed by atoms with van der Waals surface area (Å²) in [4.78, 5) is 10.8. The molecule has 0 aromatic heterocycles. The van der Waals surface area contributed by atoms with Gasteiger partial charge in [-0.05, 0) is 39.0 Å². The number of carboxylic acid groups (broad SMARTS) is 1. The van der Waals surface area contributed by atoms with E-state index in [0.29, 0.717) is 11.5 Å². The predicted octanol–water partition coefficient (Wildman–Crippen LogP) is 2.78. The maximum Gasteiger partial charge on any atom is 0.305 e. The van der Waals surface area contributed by atoms with E-state index in [4.69, 9.17) is 20.3 Å². The molecular weight excluding hydrogens is 314 g/mol. The van der Waals surface area contributed by atoms with E-state index >= 15 is 0 Å². The minimum Gasteiger partial charge on any atom is -0.481 e. The second kappa shape index (κ2) is 5.38. The third-order valence-electron chi connectivity index (χ3n) is 3.05. The Balaban J connectivity index is 2.52. The Kier molecular flexibility index (Phi) is 4.01. The lowest BCUT2D eigenvalue weighted by molar-refractivity contribution is -0.137. The van der Waals surface area contributed by atoms with Crippen LogP contribution in [0.4, 0.5) is 0 Å². The van der Waals surface area contributed by atoms with Gasteiger partial charge in [-0.1, -0.05) is 13.8 Å². The molecule has 0 amide bonds. The third-order valence-corrected chi connectivity index (χ3v) is 3.83. The first kappa shape index (κ1) is 14.1. The number of aliphatic carboxylic acids is 1. The number of halogens is 1. The van der Waals surface area contributed by atoms with Gasteiger partial charge in [-0.3, -0.25) is 4.79 Å². The highest BCUT2D eigenvalue weighted by molar-refractivity contribution is 9.10. The van der Waals surface area contributed by atoms with E-state index in [0.717, 1.165) is 15.6 Å². The Labute approximate surface area is 119 Å². The lowest BCUT2D eigenvalue weighted by Crippen LogP contribution is -2.17. The molecule has 1 atom stereocenters. The fourth-order valence-corrected chi connectivity index (χ4v) is 3.22. The maximum atomic E-state index is 10.8. The van der Waals surface area contributed by atoms with E-state index in [9.17, 15) is 4.79 Å². The summed E-state index contributed by atoms with van der Waals surface area (Å²) in [5.41, 5.74) is 7.76. The largest absolute Gasteiger partial charge is 0.481 e. The Morgan fingerprint density at radius 3 is 2.79 bits per heavy atom. The molecule has 1 heterocycles. The molecule has 1 aromatic rings. The first-order valence-electron chi connectivity index (χ1n) is 6.01. The first-order chi connectivity index (χ1) is 8.91. The molecule has 0 spiro atoms. The normalized spacial score (nSPS) is 14.8. The molecule has 0 saturated carbocycles. The number of carboxylic acids is 1. The van der Waals surface area contributed by atoms with Gasteiger partial charge in [-0.15, -0.1) is 0 Å². The van der Waals surface area contributed by atoms with Crippen LogP contribution >= 0.6 is 15.9 Å². The Hall–Kier alpha value is -1.27. The highest BCUT2D eigenvalue weighted by atomic mass is 79.9. The van der Waals surface area contributed by atoms with Gasteiger partial charge < -0.3 is 20.3 Å². The van der Waals surface area contributed by atoms with Crippen LogP contribution in [0, 0.1) is 0 Å². The summed E-state index contributed by atoms with van der Waals surface area (Å²) in [6.45, 7) is 4.22. The number of fused-ring (bicyclic) bond motifs is 1. The topological polar surface area (TPSA) is 81.8 Å². The second-order valence-corrected chi connectivity index (χ2v) is 5.58. The van der Waals surface area contributed by atoms with Crippen LogP contribution in [0.1, 0.15) is 43.4 Å². The van der Waals surface area contributed by atoms with E-state index < -0.39 is 12.0 Å². The van der Waals surface area contributed by atoms with Gasteiger partial charge in [0.25, 0.3) is 0 Å². The molecule has 0 bridgehead atoms. The number of nitrogens with two attached hydrogens (primary N) is 1. The molecule has 6 heteroatoms. The molecule has 104 valence electrons. The van der Waals surface area contributed by atoms with Gasteiger partial charge >= 0.3 is 5.97 Å². The molecule has 2 rings (SSSR count). The van der Waals surface area contributed by atoms with Crippen LogP contribution in [0.2, 0.25) is 0 Å². The summed E-state index contributed by atoms with van der Waals surface area (Å²) < 4.78 is 11.6. The lowest BCUT2D eigenvalue weighted by Gasteiger charge is -2.20. The quantitative estimate of drug-likeness (QED) is 0.887. The molecule has 0 fully saturated rings. The lowest BCUT2D eigenvalue weighted by atomic mass is 9.91. The van der Waals surface area contributed by atoms with Crippen molar-refractivity contribution in [1.82, 2.24) is 0 Å². The van der Waals surface area contributed by atoms with E-state index in [-0.39, 0.29) is 19.1 Å². The Bertz CT molecular complexity index is 516. The molecular formula is C13H16BrNO4. The summed E-state index contributed by atoms with van der Waals surface area (Å²) in [5.74, 6) is 0.539. The van der Waals surface area contributed by atoms with E-state index in [1.807, 2.05) is 13.8 Å². The summed E-state index contributed by atoms with van der Waals surface area (Å²) >= 11 is 3.51. The molecule has 1 aromatic carbocycles. The minimum absolute atomic E-state index is 0.119. The van der Waals surface area contributed by atoms with E-state index in [2.05, 4.69) is 15.9 Å². The monoisotopic (exact) mass is 329 g/mol. The number of hydrogen-bond acceptors (Lipinski definition) is 4. The Morgan fingerprint density at radius 2 is 2.21 bits per heavy atom. The van der Waals surface area contributed by atoms with E-state index in [1.165, 1.54) is 0 Å². The highest BCUT2D eigenvalue weighted by Crippen LogP contribution is 2.46. The zero-order chi connectivity index (χ0) is 14.2. The van der Waals surface area contributed by atoms with Gasteiger partial charge in [0.2, 0.25) is 6.79 Å². The summed E-state index contributed by atoms with van der Waals surface area (Å²) in [6.07, 6.45) is -0.119. The molecule has 1 aliphatic rings. The smallest absolute Gasteiger partial charge is 0.305 e. The van der Waals surface area contributed by atoms with Crippen LogP contribution in [-0.2, 0) is 4.79 Å². The molecule has 19 heavy (non-hydrogen) atoms. The van der Waals surface area contributed by atoms with Gasteiger partial charge in [0.15, 0.2) is 11.5 Å². The molecule has 1 unspecified atom stereocenters. The van der Waals surface area contributed by atoms with Crippen LogP contribution in [0.25, 0.3) is 0 Å². The molecule has 1 aliphatic heterocycles.